The second-order valence-electron chi connectivity index (χ2n) is 2.71. The highest BCUT2D eigenvalue weighted by Crippen LogP contribution is 2.29. The Labute approximate surface area is 95.9 Å². The highest BCUT2D eigenvalue weighted by atomic mass is 79.9. The minimum Gasteiger partial charge on any atom is -0.494 e. The van der Waals surface area contributed by atoms with Crippen molar-refractivity contribution in [3.05, 3.63) is 22.7 Å². The van der Waals surface area contributed by atoms with Crippen LogP contribution in [-0.2, 0) is 4.79 Å². The molecule has 0 saturated carbocycles. The molecular weight excluding hydrogens is 264 g/mol. The predicted octanol–water partition coefficient (Wildman–Crippen LogP) is 2.31. The summed E-state index contributed by atoms with van der Waals surface area (Å²) >= 11 is 3.27. The van der Waals surface area contributed by atoms with Gasteiger partial charge in [0.25, 0.3) is 0 Å². The largest absolute Gasteiger partial charge is 0.494 e. The summed E-state index contributed by atoms with van der Waals surface area (Å²) in [5.74, 6) is 0.198. The lowest BCUT2D eigenvalue weighted by atomic mass is 10.3. The number of halogens is 1. The molecule has 82 valence electrons. The molecule has 1 rings (SSSR count). The van der Waals surface area contributed by atoms with E-state index in [9.17, 15) is 4.79 Å². The Hall–Kier alpha value is -1.23. The van der Waals surface area contributed by atoms with Gasteiger partial charge in [-0.05, 0) is 41.1 Å². The molecule has 0 heterocycles. The lowest BCUT2D eigenvalue weighted by Gasteiger charge is -2.08. The first-order chi connectivity index (χ1) is 7.13. The molecule has 0 aliphatic heterocycles. The summed E-state index contributed by atoms with van der Waals surface area (Å²) in [5.41, 5.74) is 0. The van der Waals surface area contributed by atoms with Crippen molar-refractivity contribution in [2.45, 2.75) is 6.92 Å². The Morgan fingerprint density at radius 3 is 2.73 bits per heavy atom. The molecule has 0 unspecified atom stereocenters. The third kappa shape index (κ3) is 3.79. The fourth-order valence-corrected chi connectivity index (χ4v) is 1.47. The highest BCUT2D eigenvalue weighted by molar-refractivity contribution is 9.10. The number of carboxylic acid groups (broad SMARTS) is 1. The molecule has 0 atom stereocenters. The molecule has 0 bridgehead atoms. The number of aliphatic carboxylic acids is 1. The zero-order valence-electron chi connectivity index (χ0n) is 8.20. The molecule has 1 aromatic carbocycles. The van der Waals surface area contributed by atoms with Crippen molar-refractivity contribution in [3.63, 3.8) is 0 Å². The van der Waals surface area contributed by atoms with Gasteiger partial charge in [0, 0.05) is 0 Å². The van der Waals surface area contributed by atoms with Gasteiger partial charge in [-0.2, -0.15) is 0 Å². The third-order valence-electron chi connectivity index (χ3n) is 1.57. The third-order valence-corrected chi connectivity index (χ3v) is 2.19. The molecule has 1 N–H and O–H groups in total. The normalized spacial score (nSPS) is 9.73. The number of carbonyl (C=O) groups is 1. The summed E-state index contributed by atoms with van der Waals surface area (Å²) in [7, 11) is 0. The first-order valence-electron chi connectivity index (χ1n) is 4.40. The second-order valence-corrected chi connectivity index (χ2v) is 3.56. The maximum atomic E-state index is 10.3. The van der Waals surface area contributed by atoms with E-state index in [1.807, 2.05) is 6.92 Å². The molecule has 0 saturated heterocycles. The molecule has 4 nitrogen and oxygen atoms in total. The Balaban J connectivity index is 2.70. The SMILES string of the molecule is CCOc1ccc(OCC(=O)O)c(Br)c1. The van der Waals surface area contributed by atoms with Crippen LogP contribution < -0.4 is 9.47 Å². The van der Waals surface area contributed by atoms with Crippen molar-refractivity contribution in [3.8, 4) is 11.5 Å². The average molecular weight is 275 g/mol. The van der Waals surface area contributed by atoms with Crippen LogP contribution in [0.5, 0.6) is 11.5 Å². The maximum absolute atomic E-state index is 10.3. The van der Waals surface area contributed by atoms with E-state index in [4.69, 9.17) is 14.6 Å². The minimum atomic E-state index is -1.00. The van der Waals surface area contributed by atoms with E-state index in [1.165, 1.54) is 0 Å². The number of benzene rings is 1. The average Bonchev–Trinajstić information content (AvgIpc) is 2.17. The van der Waals surface area contributed by atoms with Gasteiger partial charge >= 0.3 is 5.97 Å². The number of rotatable bonds is 5. The van der Waals surface area contributed by atoms with E-state index >= 15 is 0 Å². The monoisotopic (exact) mass is 274 g/mol. The van der Waals surface area contributed by atoms with Crippen molar-refractivity contribution >= 4 is 21.9 Å². The molecule has 15 heavy (non-hydrogen) atoms. The molecule has 5 heteroatoms. The van der Waals surface area contributed by atoms with Crippen LogP contribution in [0.15, 0.2) is 22.7 Å². The second kappa shape index (κ2) is 5.60. The van der Waals surface area contributed by atoms with E-state index in [2.05, 4.69) is 15.9 Å². The molecule has 0 radical (unpaired) electrons. The van der Waals surface area contributed by atoms with Crippen molar-refractivity contribution in [1.82, 2.24) is 0 Å². The van der Waals surface area contributed by atoms with Crippen LogP contribution in [0.4, 0.5) is 0 Å². The summed E-state index contributed by atoms with van der Waals surface area (Å²) in [6.07, 6.45) is 0. The van der Waals surface area contributed by atoms with Gasteiger partial charge in [-0.1, -0.05) is 0 Å². The van der Waals surface area contributed by atoms with Crippen molar-refractivity contribution in [2.75, 3.05) is 13.2 Å². The summed E-state index contributed by atoms with van der Waals surface area (Å²) in [6, 6.07) is 5.13. The van der Waals surface area contributed by atoms with Crippen LogP contribution in [-0.4, -0.2) is 24.3 Å². The number of hydrogen-bond acceptors (Lipinski definition) is 3. The van der Waals surface area contributed by atoms with E-state index in [0.717, 1.165) is 0 Å². The van der Waals surface area contributed by atoms with Crippen molar-refractivity contribution < 1.29 is 19.4 Å². The molecule has 0 aromatic heterocycles. The number of ether oxygens (including phenoxy) is 2. The van der Waals surface area contributed by atoms with E-state index in [0.29, 0.717) is 22.6 Å². The number of hydrogen-bond donors (Lipinski definition) is 1. The fourth-order valence-electron chi connectivity index (χ4n) is 0.995. The lowest BCUT2D eigenvalue weighted by Crippen LogP contribution is -2.09. The Morgan fingerprint density at radius 2 is 2.20 bits per heavy atom. The van der Waals surface area contributed by atoms with Crippen LogP contribution in [0, 0.1) is 0 Å². The van der Waals surface area contributed by atoms with Gasteiger partial charge < -0.3 is 14.6 Å². The molecule has 0 amide bonds. The summed E-state index contributed by atoms with van der Waals surface area (Å²) in [5, 5.41) is 8.44. The smallest absolute Gasteiger partial charge is 0.341 e. The zero-order valence-corrected chi connectivity index (χ0v) is 9.78. The zero-order chi connectivity index (χ0) is 11.3. The standard InChI is InChI=1S/C10H11BrO4/c1-2-14-7-3-4-9(8(11)5-7)15-6-10(12)13/h3-5H,2,6H2,1H3,(H,12,13). The van der Waals surface area contributed by atoms with Gasteiger partial charge in [0.15, 0.2) is 6.61 Å². The highest BCUT2D eigenvalue weighted by Gasteiger charge is 2.05. The topological polar surface area (TPSA) is 55.8 Å². The van der Waals surface area contributed by atoms with Gasteiger partial charge in [0.1, 0.15) is 11.5 Å². The van der Waals surface area contributed by atoms with Gasteiger partial charge in [-0.3, -0.25) is 0 Å². The molecule has 1 aromatic rings. The van der Waals surface area contributed by atoms with Crippen molar-refractivity contribution in [1.29, 1.82) is 0 Å². The van der Waals surface area contributed by atoms with E-state index in [1.54, 1.807) is 18.2 Å². The van der Waals surface area contributed by atoms with Crippen LogP contribution in [0.25, 0.3) is 0 Å². The van der Waals surface area contributed by atoms with Crippen LogP contribution in [0.3, 0.4) is 0 Å². The summed E-state index contributed by atoms with van der Waals surface area (Å²) < 4.78 is 11.0. The first kappa shape index (κ1) is 11.8. The van der Waals surface area contributed by atoms with Crippen LogP contribution in [0.2, 0.25) is 0 Å². The van der Waals surface area contributed by atoms with Crippen molar-refractivity contribution in [2.24, 2.45) is 0 Å². The number of carboxylic acids is 1. The molecule has 0 spiro atoms. The van der Waals surface area contributed by atoms with E-state index in [-0.39, 0.29) is 6.61 Å². The fraction of sp³-hybridized carbons (Fsp3) is 0.300. The maximum Gasteiger partial charge on any atom is 0.341 e. The van der Waals surface area contributed by atoms with Gasteiger partial charge in [-0.25, -0.2) is 4.79 Å². The van der Waals surface area contributed by atoms with Gasteiger partial charge in [0.05, 0.1) is 11.1 Å². The van der Waals surface area contributed by atoms with Gasteiger partial charge in [-0.15, -0.1) is 0 Å². The van der Waals surface area contributed by atoms with Crippen LogP contribution >= 0.6 is 15.9 Å². The Kier molecular flexibility index (Phi) is 4.42. The van der Waals surface area contributed by atoms with Gasteiger partial charge in [0.2, 0.25) is 0 Å². The quantitative estimate of drug-likeness (QED) is 0.895. The summed E-state index contributed by atoms with van der Waals surface area (Å²) in [6.45, 7) is 2.12. The minimum absolute atomic E-state index is 0.355. The molecule has 0 fully saturated rings. The molecule has 0 aliphatic carbocycles. The lowest BCUT2D eigenvalue weighted by molar-refractivity contribution is -0.139. The Bertz CT molecular complexity index is 351. The molecule has 0 aliphatic rings. The first-order valence-corrected chi connectivity index (χ1v) is 5.19. The predicted molar refractivity (Wildman–Crippen MR) is 58.4 cm³/mol. The van der Waals surface area contributed by atoms with Crippen LogP contribution in [0.1, 0.15) is 6.92 Å². The van der Waals surface area contributed by atoms with E-state index < -0.39 is 5.97 Å². The summed E-state index contributed by atoms with van der Waals surface area (Å²) in [4.78, 5) is 10.3. The Morgan fingerprint density at radius 1 is 1.47 bits per heavy atom. The molecular formula is C10H11BrO4.